The Morgan fingerprint density at radius 2 is 1.92 bits per heavy atom. The van der Waals surface area contributed by atoms with Crippen molar-refractivity contribution in [1.82, 2.24) is 15.3 Å². The molecule has 0 aliphatic carbocycles. The summed E-state index contributed by atoms with van der Waals surface area (Å²) >= 11 is 1.64. The van der Waals surface area contributed by atoms with Gasteiger partial charge in [-0.3, -0.25) is 9.59 Å². The molecule has 0 radical (unpaired) electrons. The zero-order valence-corrected chi connectivity index (χ0v) is 14.5. The van der Waals surface area contributed by atoms with Crippen molar-refractivity contribution in [1.29, 1.82) is 0 Å². The normalized spacial score (nSPS) is 10.6. The zero-order chi connectivity index (χ0) is 17.5. The molecule has 0 saturated carbocycles. The van der Waals surface area contributed by atoms with E-state index in [1.807, 2.05) is 35.7 Å². The van der Waals surface area contributed by atoms with Gasteiger partial charge in [0.05, 0.1) is 11.2 Å². The Labute approximate surface area is 150 Å². The minimum absolute atomic E-state index is 0.00991. The monoisotopic (exact) mass is 353 g/mol. The summed E-state index contributed by atoms with van der Waals surface area (Å²) in [5, 5.41) is 4.88. The third kappa shape index (κ3) is 4.64. The molecule has 0 bridgehead atoms. The molecule has 6 heteroatoms. The number of benzene rings is 1. The van der Waals surface area contributed by atoms with Crippen LogP contribution in [0, 0.1) is 0 Å². The highest BCUT2D eigenvalue weighted by Gasteiger charge is 2.11. The Bertz CT molecular complexity index is 825. The highest BCUT2D eigenvalue weighted by atomic mass is 32.1. The van der Waals surface area contributed by atoms with E-state index in [1.165, 1.54) is 0 Å². The van der Waals surface area contributed by atoms with Crippen molar-refractivity contribution in [3.8, 4) is 10.6 Å². The van der Waals surface area contributed by atoms with Crippen LogP contribution in [0.25, 0.3) is 10.6 Å². The van der Waals surface area contributed by atoms with E-state index < -0.39 is 0 Å². The zero-order valence-electron chi connectivity index (χ0n) is 13.7. The van der Waals surface area contributed by atoms with E-state index >= 15 is 0 Å². The van der Waals surface area contributed by atoms with Crippen molar-refractivity contribution in [2.24, 2.45) is 0 Å². The molecule has 0 fully saturated rings. The van der Waals surface area contributed by atoms with Crippen molar-refractivity contribution < 1.29 is 9.59 Å². The van der Waals surface area contributed by atoms with Crippen LogP contribution in [0.2, 0.25) is 0 Å². The van der Waals surface area contributed by atoms with Crippen molar-refractivity contribution in [2.45, 2.75) is 19.3 Å². The Hall–Kier alpha value is -2.73. The van der Waals surface area contributed by atoms with E-state index in [0.717, 1.165) is 16.3 Å². The number of thiophene rings is 1. The number of ketones is 1. The van der Waals surface area contributed by atoms with Gasteiger partial charge in [-0.1, -0.05) is 36.4 Å². The maximum absolute atomic E-state index is 12.0. The molecule has 0 unspecified atom stereocenters. The van der Waals surface area contributed by atoms with Gasteiger partial charge in [-0.25, -0.2) is 4.98 Å². The summed E-state index contributed by atoms with van der Waals surface area (Å²) in [6, 6.07) is 13.1. The van der Waals surface area contributed by atoms with Gasteiger partial charge >= 0.3 is 0 Å². The number of hydrogen-bond donors (Lipinski definition) is 2. The molecule has 0 spiro atoms. The van der Waals surface area contributed by atoms with Crippen LogP contribution >= 0.6 is 11.3 Å². The number of aromatic nitrogens is 2. The molecular weight excluding hydrogens is 334 g/mol. The third-order valence-electron chi connectivity index (χ3n) is 3.84. The van der Waals surface area contributed by atoms with E-state index in [2.05, 4.69) is 15.3 Å². The summed E-state index contributed by atoms with van der Waals surface area (Å²) in [6.45, 7) is 0.513. The molecule has 3 rings (SSSR count). The molecule has 3 aromatic rings. The number of carbonyl (C=O) groups is 2. The maximum atomic E-state index is 12.0. The number of nitrogens with one attached hydrogen (secondary N) is 2. The number of aromatic amines is 1. The summed E-state index contributed by atoms with van der Waals surface area (Å²) in [5.41, 5.74) is 2.58. The van der Waals surface area contributed by atoms with Crippen molar-refractivity contribution >= 4 is 23.0 Å². The number of carbonyl (C=O) groups excluding carboxylic acids is 2. The predicted molar refractivity (Wildman–Crippen MR) is 98.6 cm³/mol. The SMILES string of the molecule is O=C(CCC(=O)c1ccccc1)NCCc1[nH]cnc1-c1cccs1. The Morgan fingerprint density at radius 1 is 1.08 bits per heavy atom. The highest BCUT2D eigenvalue weighted by molar-refractivity contribution is 7.13. The largest absolute Gasteiger partial charge is 0.356 e. The maximum Gasteiger partial charge on any atom is 0.220 e. The van der Waals surface area contributed by atoms with Crippen molar-refractivity contribution in [3.63, 3.8) is 0 Å². The lowest BCUT2D eigenvalue weighted by molar-refractivity contribution is -0.121. The number of rotatable bonds is 8. The molecule has 0 atom stereocenters. The quantitative estimate of drug-likeness (QED) is 0.609. The summed E-state index contributed by atoms with van der Waals surface area (Å²) in [4.78, 5) is 32.5. The van der Waals surface area contributed by atoms with E-state index in [9.17, 15) is 9.59 Å². The highest BCUT2D eigenvalue weighted by Crippen LogP contribution is 2.25. The Kier molecular flexibility index (Phi) is 5.74. The summed E-state index contributed by atoms with van der Waals surface area (Å²) < 4.78 is 0. The van der Waals surface area contributed by atoms with Gasteiger partial charge in [-0.15, -0.1) is 11.3 Å². The number of hydrogen-bond acceptors (Lipinski definition) is 4. The number of H-pyrrole nitrogens is 1. The smallest absolute Gasteiger partial charge is 0.220 e. The Morgan fingerprint density at radius 3 is 2.68 bits per heavy atom. The first-order valence-electron chi connectivity index (χ1n) is 8.15. The number of imidazole rings is 1. The van der Waals surface area contributed by atoms with Crippen molar-refractivity contribution in [2.75, 3.05) is 6.54 Å². The number of amides is 1. The van der Waals surface area contributed by atoms with Crippen LogP contribution in [0.15, 0.2) is 54.2 Å². The molecule has 1 aromatic carbocycles. The van der Waals surface area contributed by atoms with Gasteiger partial charge in [-0.05, 0) is 11.4 Å². The Balaban J connectivity index is 1.43. The van der Waals surface area contributed by atoms with Gasteiger partial charge < -0.3 is 10.3 Å². The second-order valence-electron chi connectivity index (χ2n) is 5.60. The van der Waals surface area contributed by atoms with Gasteiger partial charge in [0.15, 0.2) is 5.78 Å². The molecule has 0 saturated heterocycles. The lowest BCUT2D eigenvalue weighted by Crippen LogP contribution is -2.26. The fourth-order valence-corrected chi connectivity index (χ4v) is 3.30. The minimum Gasteiger partial charge on any atom is -0.356 e. The van der Waals surface area contributed by atoms with Crippen LogP contribution in [-0.2, 0) is 11.2 Å². The molecule has 0 aliphatic rings. The van der Waals surface area contributed by atoms with Gasteiger partial charge in [-0.2, -0.15) is 0 Å². The average molecular weight is 353 g/mol. The van der Waals surface area contributed by atoms with Crippen LogP contribution < -0.4 is 5.32 Å². The summed E-state index contributed by atoms with van der Waals surface area (Å²) in [7, 11) is 0. The van der Waals surface area contributed by atoms with Crippen LogP contribution in [0.5, 0.6) is 0 Å². The third-order valence-corrected chi connectivity index (χ3v) is 4.72. The second kappa shape index (κ2) is 8.39. The molecule has 2 aromatic heterocycles. The fraction of sp³-hybridized carbons (Fsp3) is 0.211. The van der Waals surface area contributed by atoms with Gasteiger partial charge in [0.2, 0.25) is 5.91 Å². The molecule has 2 heterocycles. The van der Waals surface area contributed by atoms with Crippen LogP contribution in [0.4, 0.5) is 0 Å². The van der Waals surface area contributed by atoms with E-state index in [0.29, 0.717) is 18.5 Å². The van der Waals surface area contributed by atoms with E-state index in [1.54, 1.807) is 29.8 Å². The molecule has 128 valence electrons. The molecule has 5 nitrogen and oxygen atoms in total. The van der Waals surface area contributed by atoms with Gasteiger partial charge in [0, 0.05) is 37.1 Å². The second-order valence-corrected chi connectivity index (χ2v) is 6.54. The first kappa shape index (κ1) is 17.1. The van der Waals surface area contributed by atoms with Gasteiger partial charge in [0.25, 0.3) is 0 Å². The minimum atomic E-state index is -0.110. The van der Waals surface area contributed by atoms with E-state index in [4.69, 9.17) is 0 Å². The molecule has 25 heavy (non-hydrogen) atoms. The number of Topliss-reactive ketones (excluding diaryl/α,β-unsaturated/α-hetero) is 1. The first-order chi connectivity index (χ1) is 12.2. The molecular formula is C19H19N3O2S. The average Bonchev–Trinajstić information content (AvgIpc) is 3.31. The lowest BCUT2D eigenvalue weighted by Gasteiger charge is -2.05. The molecule has 2 N–H and O–H groups in total. The first-order valence-corrected chi connectivity index (χ1v) is 9.03. The van der Waals surface area contributed by atoms with Crippen molar-refractivity contribution in [3.05, 3.63) is 65.4 Å². The summed E-state index contributed by atoms with van der Waals surface area (Å²) in [5.74, 6) is -0.120. The topological polar surface area (TPSA) is 74.8 Å². The predicted octanol–water partition coefficient (Wildman–Crippen LogP) is 3.46. The lowest BCUT2D eigenvalue weighted by atomic mass is 10.1. The van der Waals surface area contributed by atoms with Crippen LogP contribution in [-0.4, -0.2) is 28.2 Å². The fourth-order valence-electron chi connectivity index (χ4n) is 2.55. The van der Waals surface area contributed by atoms with Gasteiger partial charge in [0.1, 0.15) is 5.69 Å². The van der Waals surface area contributed by atoms with E-state index in [-0.39, 0.29) is 24.5 Å². The molecule has 0 aliphatic heterocycles. The molecule has 1 amide bonds. The number of nitrogens with zero attached hydrogens (tertiary/aromatic N) is 1. The van der Waals surface area contributed by atoms with Crippen LogP contribution in [0.3, 0.4) is 0 Å². The standard InChI is InChI=1S/C19H19N3O2S/c23-16(14-5-2-1-3-6-14)8-9-18(24)20-11-10-15-19(22-13-21-15)17-7-4-12-25-17/h1-7,12-13H,8-11H2,(H,20,24)(H,21,22). The summed E-state index contributed by atoms with van der Waals surface area (Å²) in [6.07, 6.45) is 2.77. The van der Waals surface area contributed by atoms with Crippen LogP contribution in [0.1, 0.15) is 28.9 Å².